The second-order valence-electron chi connectivity index (χ2n) is 9.29. The molecule has 0 aromatic heterocycles. The van der Waals surface area contributed by atoms with Crippen LogP contribution in [0.4, 0.5) is 0 Å². The lowest BCUT2D eigenvalue weighted by atomic mass is 9.73. The van der Waals surface area contributed by atoms with Gasteiger partial charge in [0.15, 0.2) is 5.79 Å². The third-order valence-electron chi connectivity index (χ3n) is 5.60. The topological polar surface area (TPSA) is 27.7 Å². The van der Waals surface area contributed by atoms with Gasteiger partial charge in [-0.25, -0.2) is 0 Å². The molecule has 1 heterocycles. The highest BCUT2D eigenvalue weighted by molar-refractivity contribution is 9.11. The van der Waals surface area contributed by atoms with E-state index in [1.54, 1.807) is 0 Å². The Balaban J connectivity index is 1.79. The normalized spacial score (nSPS) is 43.2. The molecule has 3 nitrogen and oxygen atoms in total. The van der Waals surface area contributed by atoms with Crippen molar-refractivity contribution in [2.75, 3.05) is 0 Å². The number of halogens is 1. The van der Waals surface area contributed by atoms with Gasteiger partial charge in [0, 0.05) is 23.2 Å². The Hall–Kier alpha value is 0.1000. The van der Waals surface area contributed by atoms with Gasteiger partial charge in [-0.15, -0.1) is 0 Å². The number of fused-ring (bicyclic) bond motifs is 1. The van der Waals surface area contributed by atoms with Gasteiger partial charge in [-0.2, -0.15) is 0 Å². The largest absolute Gasteiger partial charge is 0.367 e. The van der Waals surface area contributed by atoms with Crippen LogP contribution in [0.15, 0.2) is 10.6 Å². The molecule has 24 heavy (non-hydrogen) atoms. The molecule has 0 amide bonds. The van der Waals surface area contributed by atoms with E-state index in [9.17, 15) is 0 Å². The Kier molecular flexibility index (Phi) is 5.25. The van der Waals surface area contributed by atoms with Crippen LogP contribution < -0.4 is 0 Å². The molecule has 3 rings (SSSR count). The predicted molar refractivity (Wildman–Crippen MR) is 100 cm³/mol. The van der Waals surface area contributed by atoms with Crippen LogP contribution in [-0.2, 0) is 14.2 Å². The molecule has 2 aliphatic carbocycles. The minimum Gasteiger partial charge on any atom is -0.367 e. The van der Waals surface area contributed by atoms with Crippen LogP contribution in [0.25, 0.3) is 0 Å². The van der Waals surface area contributed by atoms with Gasteiger partial charge in [0.25, 0.3) is 0 Å². The lowest BCUT2D eigenvalue weighted by Gasteiger charge is -2.44. The van der Waals surface area contributed by atoms with Crippen molar-refractivity contribution in [2.24, 2.45) is 17.8 Å². The van der Waals surface area contributed by atoms with Crippen molar-refractivity contribution < 1.29 is 14.2 Å². The molecule has 0 bridgehead atoms. The van der Waals surface area contributed by atoms with Crippen molar-refractivity contribution in [3.63, 3.8) is 0 Å². The summed E-state index contributed by atoms with van der Waals surface area (Å²) in [5, 5.41) is 0. The summed E-state index contributed by atoms with van der Waals surface area (Å²) < 4.78 is 20.6. The van der Waals surface area contributed by atoms with E-state index in [0.717, 1.165) is 17.3 Å². The minimum atomic E-state index is -0.401. The number of hydrogen-bond donors (Lipinski definition) is 0. The maximum Gasteiger partial charge on any atom is 0.173 e. The first-order valence-electron chi connectivity index (χ1n) is 9.50. The smallest absolute Gasteiger partial charge is 0.173 e. The van der Waals surface area contributed by atoms with Crippen LogP contribution in [0.2, 0.25) is 0 Å². The zero-order valence-electron chi connectivity index (χ0n) is 16.0. The molecule has 0 unspecified atom stereocenters. The fourth-order valence-electron chi connectivity index (χ4n) is 4.64. The van der Waals surface area contributed by atoms with Gasteiger partial charge in [0.05, 0.1) is 17.8 Å². The molecule has 0 N–H and O–H groups in total. The molecule has 0 aromatic rings. The second kappa shape index (κ2) is 6.68. The summed E-state index contributed by atoms with van der Waals surface area (Å²) in [6.45, 7) is 13.2. The quantitative estimate of drug-likeness (QED) is 0.618. The minimum absolute atomic E-state index is 0.0470. The Morgan fingerprint density at radius 1 is 1.25 bits per heavy atom. The molecule has 4 heteroatoms. The highest BCUT2D eigenvalue weighted by Crippen LogP contribution is 2.51. The van der Waals surface area contributed by atoms with Gasteiger partial charge in [-0.05, 0) is 45.1 Å². The molecule has 0 aromatic carbocycles. The number of ether oxygens (including phenoxy) is 3. The van der Waals surface area contributed by atoms with E-state index >= 15 is 0 Å². The van der Waals surface area contributed by atoms with Gasteiger partial charge in [0.1, 0.15) is 6.10 Å². The summed E-state index contributed by atoms with van der Waals surface area (Å²) in [6, 6.07) is 0. The van der Waals surface area contributed by atoms with Crippen molar-refractivity contribution in [3.05, 3.63) is 10.6 Å². The standard InChI is InChI=1S/C20H33BrO3/c1-12(2)14-8-7-13(3)11-20(14)23-17-9-15(21)16(10-18(17)24-20)22-19(4,5)6/h9,12-14,16-18H,7-8,10-11H2,1-6H3/t13-,14+,16+,17+,18-,20+/m1/s1. The molecule has 0 radical (unpaired) electrons. The van der Waals surface area contributed by atoms with Crippen molar-refractivity contribution in [2.45, 2.75) is 96.9 Å². The zero-order chi connectivity index (χ0) is 17.7. The molecule has 1 aliphatic heterocycles. The van der Waals surface area contributed by atoms with E-state index < -0.39 is 5.79 Å². The van der Waals surface area contributed by atoms with Gasteiger partial charge < -0.3 is 14.2 Å². The Morgan fingerprint density at radius 3 is 2.58 bits per heavy atom. The van der Waals surface area contributed by atoms with E-state index in [0.29, 0.717) is 17.8 Å². The Bertz CT molecular complexity index is 496. The first-order valence-corrected chi connectivity index (χ1v) is 10.3. The average molecular weight is 401 g/mol. The van der Waals surface area contributed by atoms with E-state index in [-0.39, 0.29) is 23.9 Å². The molecule has 3 aliphatic rings. The third kappa shape index (κ3) is 3.77. The molecule has 138 valence electrons. The summed E-state index contributed by atoms with van der Waals surface area (Å²) in [4.78, 5) is 0. The highest BCUT2D eigenvalue weighted by Gasteiger charge is 2.56. The van der Waals surface area contributed by atoms with E-state index in [1.165, 1.54) is 12.8 Å². The first-order chi connectivity index (χ1) is 11.1. The van der Waals surface area contributed by atoms with Crippen LogP contribution in [0.3, 0.4) is 0 Å². The van der Waals surface area contributed by atoms with Crippen molar-refractivity contribution in [1.29, 1.82) is 0 Å². The zero-order valence-corrected chi connectivity index (χ0v) is 17.6. The molecule has 1 saturated heterocycles. The molecular formula is C20H33BrO3. The van der Waals surface area contributed by atoms with Crippen LogP contribution >= 0.6 is 15.9 Å². The first kappa shape index (κ1) is 18.9. The van der Waals surface area contributed by atoms with Crippen molar-refractivity contribution >= 4 is 15.9 Å². The summed E-state index contributed by atoms with van der Waals surface area (Å²) in [5.41, 5.74) is -0.165. The molecule has 1 saturated carbocycles. The van der Waals surface area contributed by atoms with Crippen LogP contribution in [0.1, 0.15) is 67.2 Å². The second-order valence-corrected chi connectivity index (χ2v) is 10.2. The van der Waals surface area contributed by atoms with E-state index in [1.807, 2.05) is 0 Å². The summed E-state index contributed by atoms with van der Waals surface area (Å²) in [7, 11) is 0. The summed E-state index contributed by atoms with van der Waals surface area (Å²) in [5.74, 6) is 1.32. The van der Waals surface area contributed by atoms with Crippen LogP contribution in [0, 0.1) is 17.8 Å². The SMILES string of the molecule is CC(C)[C@@H]1CC[C@@H](C)C[C@@]12O[C@H]1C=C(Br)[C@@H](OC(C)(C)C)C[C@H]1O2. The lowest BCUT2D eigenvalue weighted by molar-refractivity contribution is -0.242. The van der Waals surface area contributed by atoms with E-state index in [2.05, 4.69) is 63.5 Å². The average Bonchev–Trinajstić information content (AvgIpc) is 2.73. The predicted octanol–water partition coefficient (Wildman–Crippen LogP) is 5.43. The van der Waals surface area contributed by atoms with Crippen LogP contribution in [-0.4, -0.2) is 29.7 Å². The van der Waals surface area contributed by atoms with Crippen molar-refractivity contribution in [1.82, 2.24) is 0 Å². The fourth-order valence-corrected chi connectivity index (χ4v) is 5.18. The Labute approximate surface area is 155 Å². The highest BCUT2D eigenvalue weighted by atomic mass is 79.9. The van der Waals surface area contributed by atoms with Gasteiger partial charge >= 0.3 is 0 Å². The third-order valence-corrected chi connectivity index (χ3v) is 6.37. The molecule has 1 spiro atoms. The molecule has 6 atom stereocenters. The molecular weight excluding hydrogens is 368 g/mol. The number of rotatable bonds is 2. The maximum absolute atomic E-state index is 6.66. The fraction of sp³-hybridized carbons (Fsp3) is 0.900. The molecule has 2 fully saturated rings. The van der Waals surface area contributed by atoms with Gasteiger partial charge in [-0.3, -0.25) is 0 Å². The summed E-state index contributed by atoms with van der Waals surface area (Å²) in [6.07, 6.45) is 6.74. The lowest BCUT2D eigenvalue weighted by Crippen LogP contribution is -2.47. The van der Waals surface area contributed by atoms with Gasteiger partial charge in [-0.1, -0.05) is 43.1 Å². The van der Waals surface area contributed by atoms with E-state index in [4.69, 9.17) is 14.2 Å². The maximum atomic E-state index is 6.66. The van der Waals surface area contributed by atoms with Gasteiger partial charge in [0.2, 0.25) is 0 Å². The summed E-state index contributed by atoms with van der Waals surface area (Å²) >= 11 is 3.71. The van der Waals surface area contributed by atoms with Crippen molar-refractivity contribution in [3.8, 4) is 0 Å². The monoisotopic (exact) mass is 400 g/mol. The Morgan fingerprint density at radius 2 is 1.96 bits per heavy atom. The van der Waals surface area contributed by atoms with Crippen LogP contribution in [0.5, 0.6) is 0 Å². The number of hydrogen-bond acceptors (Lipinski definition) is 3.